The van der Waals surface area contributed by atoms with E-state index in [1.165, 1.54) is 35.9 Å². The molecule has 0 aliphatic rings. The number of rotatable bonds is 7. The van der Waals surface area contributed by atoms with Gasteiger partial charge >= 0.3 is 11.9 Å². The quantitative estimate of drug-likeness (QED) is 0.286. The molecule has 15 heteroatoms. The van der Waals surface area contributed by atoms with Crippen molar-refractivity contribution in [3.8, 4) is 16.9 Å². The fourth-order valence-corrected chi connectivity index (χ4v) is 4.76. The zero-order chi connectivity index (χ0) is 27.9. The summed E-state index contributed by atoms with van der Waals surface area (Å²) < 4.78 is 42.4. The molecule has 8 nitrogen and oxygen atoms in total. The Morgan fingerprint density at radius 2 is 1.58 bits per heavy atom. The maximum Gasteiger partial charge on any atom is 0.416 e. The third-order valence-electron chi connectivity index (χ3n) is 5.51. The number of halogens is 7. The minimum atomic E-state index is -4.98. The van der Waals surface area contributed by atoms with Gasteiger partial charge in [-0.25, -0.2) is 14.5 Å². The molecular weight excluding hydrogens is 593 g/mol. The average Bonchev–Trinajstić information content (AvgIpc) is 3.34. The highest BCUT2D eigenvalue weighted by molar-refractivity contribution is 6.37. The van der Waals surface area contributed by atoms with Crippen LogP contribution in [0.2, 0.25) is 20.2 Å². The first-order valence-electron chi connectivity index (χ1n) is 10.9. The highest BCUT2D eigenvalue weighted by Crippen LogP contribution is 2.32. The van der Waals surface area contributed by atoms with Crippen LogP contribution in [0.1, 0.15) is 24.7 Å². The van der Waals surface area contributed by atoms with Gasteiger partial charge in [0.15, 0.2) is 17.8 Å². The van der Waals surface area contributed by atoms with Crippen molar-refractivity contribution in [1.29, 1.82) is 0 Å². The van der Waals surface area contributed by atoms with E-state index in [0.29, 0.717) is 5.02 Å². The normalized spacial score (nSPS) is 13.6. The number of imidazole rings is 1. The number of aliphatic hydroxyl groups excluding tert-OH is 2. The second-order valence-corrected chi connectivity index (χ2v) is 9.84. The molecule has 0 aliphatic carbocycles. The second kappa shape index (κ2) is 10.9. The van der Waals surface area contributed by atoms with E-state index in [4.69, 9.17) is 46.4 Å². The Balaban J connectivity index is 1.85. The third kappa shape index (κ3) is 5.58. The number of hydrogen-bond donors (Lipinski definition) is 2. The van der Waals surface area contributed by atoms with Gasteiger partial charge in [0, 0.05) is 10.6 Å². The van der Waals surface area contributed by atoms with Gasteiger partial charge in [-0.15, -0.1) is 5.10 Å². The van der Waals surface area contributed by atoms with E-state index in [9.17, 15) is 28.2 Å². The number of aliphatic hydroxyl groups is 2. The number of benzene rings is 2. The standard InChI is InChI=1S/C23H18Cl4F3N5O3/c1-11(36)21-31-17(32-35(21)19-14(25)3-2-4-15(19)26)10-34-20(27)18(12-5-7-13(24)8-6-12)33(22(34)38)9-16(37)23(28,29)30/h2-8,11,16,36-37H,9-10H2,1H3/t11-,16?/m0/s1. The van der Waals surface area contributed by atoms with Crippen LogP contribution in [-0.2, 0) is 13.1 Å². The number of para-hydroxylation sites is 1. The molecule has 0 amide bonds. The first-order valence-corrected chi connectivity index (χ1v) is 12.4. The summed E-state index contributed by atoms with van der Waals surface area (Å²) >= 11 is 25.0. The molecule has 2 aromatic heterocycles. The predicted molar refractivity (Wildman–Crippen MR) is 137 cm³/mol. The Morgan fingerprint density at radius 3 is 2.13 bits per heavy atom. The average molecular weight is 611 g/mol. The van der Waals surface area contributed by atoms with E-state index in [-0.39, 0.29) is 50.3 Å². The largest absolute Gasteiger partial charge is 0.416 e. The lowest BCUT2D eigenvalue weighted by molar-refractivity contribution is -0.207. The van der Waals surface area contributed by atoms with E-state index in [1.807, 2.05) is 0 Å². The molecule has 0 aliphatic heterocycles. The maximum atomic E-state index is 13.3. The van der Waals surface area contributed by atoms with Crippen molar-refractivity contribution in [3.63, 3.8) is 0 Å². The lowest BCUT2D eigenvalue weighted by Gasteiger charge is -2.16. The van der Waals surface area contributed by atoms with Crippen molar-refractivity contribution in [2.45, 2.75) is 38.4 Å². The molecule has 2 aromatic carbocycles. The summed E-state index contributed by atoms with van der Waals surface area (Å²) in [5.74, 6) is 0.0288. The Labute approximate surface area is 233 Å². The monoisotopic (exact) mass is 609 g/mol. The summed E-state index contributed by atoms with van der Waals surface area (Å²) in [4.78, 5) is 17.6. The Morgan fingerprint density at radius 1 is 0.974 bits per heavy atom. The van der Waals surface area contributed by atoms with Crippen LogP contribution in [0.3, 0.4) is 0 Å². The van der Waals surface area contributed by atoms with Crippen LogP contribution < -0.4 is 5.69 Å². The van der Waals surface area contributed by atoms with Crippen LogP contribution in [0.25, 0.3) is 16.9 Å². The summed E-state index contributed by atoms with van der Waals surface area (Å²) in [5.41, 5.74) is -0.498. The summed E-state index contributed by atoms with van der Waals surface area (Å²) in [6, 6.07) is 10.6. The Hall–Kier alpha value is -2.54. The smallest absolute Gasteiger partial charge is 0.385 e. The summed E-state index contributed by atoms with van der Waals surface area (Å²) in [7, 11) is 0. The number of aromatic nitrogens is 5. The number of nitrogens with zero attached hydrogens (tertiary/aromatic N) is 5. The zero-order valence-electron chi connectivity index (χ0n) is 19.3. The summed E-state index contributed by atoms with van der Waals surface area (Å²) in [6.07, 6.45) is -8.95. The molecule has 0 fully saturated rings. The number of hydrogen-bond acceptors (Lipinski definition) is 5. The topological polar surface area (TPSA) is 98.1 Å². The molecular formula is C23H18Cl4F3N5O3. The SMILES string of the molecule is C[C@H](O)c1nc(Cn2c(Cl)c(-c3ccc(Cl)cc3)n(CC(O)C(F)(F)F)c2=O)nn1-c1c(Cl)cccc1Cl. The van der Waals surface area contributed by atoms with Gasteiger partial charge in [-0.05, 0) is 31.2 Å². The van der Waals surface area contributed by atoms with Gasteiger partial charge in [-0.3, -0.25) is 9.13 Å². The fraction of sp³-hybridized carbons (Fsp3) is 0.261. The van der Waals surface area contributed by atoms with Gasteiger partial charge in [-0.1, -0.05) is 64.6 Å². The molecule has 38 heavy (non-hydrogen) atoms. The first kappa shape index (κ1) is 28.5. The molecule has 2 N–H and O–H groups in total. The summed E-state index contributed by atoms with van der Waals surface area (Å²) in [6.45, 7) is -0.0625. The van der Waals surface area contributed by atoms with Crippen LogP contribution in [-0.4, -0.2) is 46.4 Å². The van der Waals surface area contributed by atoms with Crippen LogP contribution in [0.4, 0.5) is 13.2 Å². The number of alkyl halides is 3. The van der Waals surface area contributed by atoms with E-state index in [2.05, 4.69) is 10.1 Å². The van der Waals surface area contributed by atoms with Crippen molar-refractivity contribution >= 4 is 46.4 Å². The maximum absolute atomic E-state index is 13.3. The van der Waals surface area contributed by atoms with E-state index in [1.54, 1.807) is 18.2 Å². The van der Waals surface area contributed by atoms with Gasteiger partial charge in [0.25, 0.3) is 0 Å². The van der Waals surface area contributed by atoms with Crippen molar-refractivity contribution in [2.24, 2.45) is 0 Å². The van der Waals surface area contributed by atoms with Crippen molar-refractivity contribution in [2.75, 3.05) is 0 Å². The van der Waals surface area contributed by atoms with Crippen molar-refractivity contribution < 1.29 is 23.4 Å². The third-order valence-corrected chi connectivity index (χ3v) is 6.76. The molecule has 0 saturated heterocycles. The van der Waals surface area contributed by atoms with Crippen LogP contribution in [0.15, 0.2) is 47.3 Å². The molecule has 0 saturated carbocycles. The summed E-state index contributed by atoms with van der Waals surface area (Å²) in [5, 5.41) is 24.9. The highest BCUT2D eigenvalue weighted by atomic mass is 35.5. The van der Waals surface area contributed by atoms with Crippen molar-refractivity contribution in [1.82, 2.24) is 23.9 Å². The van der Waals surface area contributed by atoms with Gasteiger partial charge in [0.05, 0.1) is 28.8 Å². The Kier molecular flexibility index (Phi) is 8.17. The highest BCUT2D eigenvalue weighted by Gasteiger charge is 2.39. The van der Waals surface area contributed by atoms with Crippen LogP contribution >= 0.6 is 46.4 Å². The lowest BCUT2D eigenvalue weighted by atomic mass is 10.1. The van der Waals surface area contributed by atoms with Crippen molar-refractivity contribution in [3.05, 3.63) is 84.8 Å². The van der Waals surface area contributed by atoms with Gasteiger partial charge in [-0.2, -0.15) is 13.2 Å². The zero-order valence-corrected chi connectivity index (χ0v) is 22.3. The second-order valence-electron chi connectivity index (χ2n) is 8.23. The Bertz CT molecular complexity index is 1510. The molecule has 202 valence electrons. The van der Waals surface area contributed by atoms with Gasteiger partial charge in [0.2, 0.25) is 0 Å². The lowest BCUT2D eigenvalue weighted by Crippen LogP contribution is -2.37. The molecule has 0 spiro atoms. The van der Waals surface area contributed by atoms with Crippen LogP contribution in [0, 0.1) is 0 Å². The van der Waals surface area contributed by atoms with E-state index >= 15 is 0 Å². The first-order chi connectivity index (χ1) is 17.8. The van der Waals surface area contributed by atoms with Gasteiger partial charge < -0.3 is 10.2 Å². The fourth-order valence-electron chi connectivity index (χ4n) is 3.73. The molecule has 2 heterocycles. The molecule has 4 aromatic rings. The minimum Gasteiger partial charge on any atom is -0.385 e. The molecule has 0 bridgehead atoms. The molecule has 0 radical (unpaired) electrons. The van der Waals surface area contributed by atoms with Crippen LogP contribution in [0.5, 0.6) is 0 Å². The molecule has 4 rings (SSSR count). The van der Waals surface area contributed by atoms with E-state index < -0.39 is 30.6 Å². The minimum absolute atomic E-state index is 0.0166. The predicted octanol–water partition coefficient (Wildman–Crippen LogP) is 5.54. The molecule has 1 unspecified atom stereocenters. The van der Waals surface area contributed by atoms with E-state index in [0.717, 1.165) is 9.13 Å². The molecule has 2 atom stereocenters. The van der Waals surface area contributed by atoms with Gasteiger partial charge in [0.1, 0.15) is 16.9 Å².